The number of hydrogen-bond donors (Lipinski definition) is 0. The van der Waals surface area contributed by atoms with E-state index in [1.165, 1.54) is 11.3 Å². The molecule has 2 aromatic heterocycles. The highest BCUT2D eigenvalue weighted by Gasteiger charge is 2.33. The van der Waals surface area contributed by atoms with Crippen LogP contribution in [0.4, 0.5) is 0 Å². The molecule has 0 amide bonds. The molecule has 0 fully saturated rings. The van der Waals surface area contributed by atoms with E-state index in [2.05, 4.69) is 4.99 Å². The van der Waals surface area contributed by atoms with Crippen molar-refractivity contribution < 1.29 is 18.7 Å². The van der Waals surface area contributed by atoms with Gasteiger partial charge in [-0.15, -0.1) is 0 Å². The van der Waals surface area contributed by atoms with Crippen LogP contribution in [0.5, 0.6) is 5.75 Å². The van der Waals surface area contributed by atoms with E-state index >= 15 is 0 Å². The molecule has 4 aromatic rings. The maximum absolute atomic E-state index is 13.8. The highest BCUT2D eigenvalue weighted by molar-refractivity contribution is 7.07. The molecule has 0 spiro atoms. The third-order valence-corrected chi connectivity index (χ3v) is 7.53. The van der Waals surface area contributed by atoms with Crippen LogP contribution in [-0.4, -0.2) is 24.3 Å². The van der Waals surface area contributed by atoms with E-state index in [-0.39, 0.29) is 12.2 Å². The van der Waals surface area contributed by atoms with Gasteiger partial charge in [-0.2, -0.15) is 0 Å². The number of carbonyl (C=O) groups is 1. The zero-order chi connectivity index (χ0) is 27.0. The van der Waals surface area contributed by atoms with E-state index in [1.807, 2.05) is 49.4 Å². The van der Waals surface area contributed by atoms with Gasteiger partial charge in [0.25, 0.3) is 5.56 Å². The normalized spacial score (nSPS) is 15.3. The topological polar surface area (TPSA) is 83.0 Å². The summed E-state index contributed by atoms with van der Waals surface area (Å²) >= 11 is 7.42. The number of hydrogen-bond acceptors (Lipinski definition) is 7. The van der Waals surface area contributed by atoms with Crippen molar-refractivity contribution in [1.29, 1.82) is 0 Å². The Hall–Kier alpha value is -3.88. The lowest BCUT2D eigenvalue weighted by atomic mass is 9.96. The van der Waals surface area contributed by atoms with E-state index in [0.29, 0.717) is 42.9 Å². The highest BCUT2D eigenvalue weighted by Crippen LogP contribution is 2.32. The van der Waals surface area contributed by atoms with E-state index < -0.39 is 12.0 Å². The van der Waals surface area contributed by atoms with Gasteiger partial charge in [-0.05, 0) is 68.3 Å². The summed E-state index contributed by atoms with van der Waals surface area (Å²) in [7, 11) is 1.58. The molecule has 1 aliphatic rings. The molecular formula is C29H25ClN2O5S. The van der Waals surface area contributed by atoms with Crippen LogP contribution < -0.4 is 19.6 Å². The average molecular weight is 549 g/mol. The van der Waals surface area contributed by atoms with Crippen LogP contribution in [0.15, 0.2) is 80.1 Å². The standard InChI is InChI=1S/C29H25ClN2O5S/c1-5-36-28(34)25-17(3)31-29-32(26(25)18-7-10-20(35-4)11-8-18)27(33)24(38-29)15-21-12-13-23(37-21)22-14-19(30)9-6-16(22)2/h6-15,26H,5H2,1-4H3. The summed E-state index contributed by atoms with van der Waals surface area (Å²) < 4.78 is 18.7. The van der Waals surface area contributed by atoms with Crippen LogP contribution in [0.25, 0.3) is 17.4 Å². The number of fused-ring (bicyclic) bond motifs is 1. The molecule has 1 atom stereocenters. The second-order valence-corrected chi connectivity index (χ2v) is 10.2. The monoisotopic (exact) mass is 548 g/mol. The van der Waals surface area contributed by atoms with Crippen molar-refractivity contribution in [2.75, 3.05) is 13.7 Å². The number of nitrogens with zero attached hydrogens (tertiary/aromatic N) is 2. The number of allylic oxidation sites excluding steroid dienone is 1. The minimum Gasteiger partial charge on any atom is -0.497 e. The minimum absolute atomic E-state index is 0.211. The first-order valence-electron chi connectivity index (χ1n) is 12.0. The van der Waals surface area contributed by atoms with Gasteiger partial charge in [0, 0.05) is 16.7 Å². The Kier molecular flexibility index (Phi) is 7.10. The van der Waals surface area contributed by atoms with Crippen LogP contribution >= 0.6 is 22.9 Å². The smallest absolute Gasteiger partial charge is 0.338 e. The maximum atomic E-state index is 13.8. The van der Waals surface area contributed by atoms with Crippen molar-refractivity contribution in [1.82, 2.24) is 4.57 Å². The van der Waals surface area contributed by atoms with E-state index in [1.54, 1.807) is 43.7 Å². The van der Waals surface area contributed by atoms with Gasteiger partial charge in [-0.3, -0.25) is 9.36 Å². The molecule has 2 aromatic carbocycles. The van der Waals surface area contributed by atoms with Gasteiger partial charge in [-0.25, -0.2) is 9.79 Å². The van der Waals surface area contributed by atoms with Gasteiger partial charge in [0.05, 0.1) is 35.6 Å². The predicted octanol–water partition coefficient (Wildman–Crippen LogP) is 5.03. The first-order valence-corrected chi connectivity index (χ1v) is 13.2. The number of rotatable bonds is 6. The molecule has 1 unspecified atom stereocenters. The molecule has 0 saturated carbocycles. The molecule has 7 nitrogen and oxygen atoms in total. The number of aromatic nitrogens is 1. The van der Waals surface area contributed by atoms with Crippen LogP contribution in [0.1, 0.15) is 36.8 Å². The molecule has 0 radical (unpaired) electrons. The van der Waals surface area contributed by atoms with Crippen molar-refractivity contribution >= 4 is 35.0 Å². The number of halogens is 1. The number of carbonyl (C=O) groups excluding carboxylic acids is 1. The van der Waals surface area contributed by atoms with Gasteiger partial charge in [0.1, 0.15) is 17.3 Å². The SMILES string of the molecule is CCOC(=O)C1=C(C)N=c2sc(=Cc3ccc(-c4cc(Cl)ccc4C)o3)c(=O)n2C1c1ccc(OC)cc1. The second kappa shape index (κ2) is 10.5. The third kappa shape index (κ3) is 4.73. The van der Waals surface area contributed by atoms with Gasteiger partial charge < -0.3 is 13.9 Å². The Labute approximate surface area is 227 Å². The molecule has 0 aliphatic carbocycles. The lowest BCUT2D eigenvalue weighted by Gasteiger charge is -2.24. The molecule has 0 N–H and O–H groups in total. The van der Waals surface area contributed by atoms with Gasteiger partial charge in [-0.1, -0.05) is 41.1 Å². The number of methoxy groups -OCH3 is 1. The summed E-state index contributed by atoms with van der Waals surface area (Å²) in [5, 5.41) is 0.614. The summed E-state index contributed by atoms with van der Waals surface area (Å²) in [6.07, 6.45) is 1.70. The number of benzene rings is 2. The summed E-state index contributed by atoms with van der Waals surface area (Å²) in [5.74, 6) is 1.34. The largest absolute Gasteiger partial charge is 0.497 e. The summed E-state index contributed by atoms with van der Waals surface area (Å²) in [6, 6.07) is 15.8. The zero-order valence-electron chi connectivity index (χ0n) is 21.3. The average Bonchev–Trinajstić information content (AvgIpc) is 3.49. The summed E-state index contributed by atoms with van der Waals surface area (Å²) in [5.41, 5.74) is 3.21. The van der Waals surface area contributed by atoms with Crippen LogP contribution in [0, 0.1) is 6.92 Å². The van der Waals surface area contributed by atoms with E-state index in [0.717, 1.165) is 16.7 Å². The Bertz CT molecular complexity index is 1740. The molecule has 38 heavy (non-hydrogen) atoms. The molecule has 194 valence electrons. The second-order valence-electron chi connectivity index (χ2n) is 8.74. The maximum Gasteiger partial charge on any atom is 0.338 e. The van der Waals surface area contributed by atoms with Crippen molar-refractivity contribution in [3.05, 3.63) is 107 Å². The fourth-order valence-electron chi connectivity index (χ4n) is 4.46. The van der Waals surface area contributed by atoms with Crippen molar-refractivity contribution in [2.24, 2.45) is 4.99 Å². The van der Waals surface area contributed by atoms with Crippen LogP contribution in [-0.2, 0) is 9.53 Å². The molecule has 5 rings (SSSR count). The molecule has 9 heteroatoms. The number of aryl methyl sites for hydroxylation is 1. The van der Waals surface area contributed by atoms with Gasteiger partial charge in [0.15, 0.2) is 4.80 Å². The zero-order valence-corrected chi connectivity index (χ0v) is 22.9. The van der Waals surface area contributed by atoms with Crippen molar-refractivity contribution in [2.45, 2.75) is 26.8 Å². The van der Waals surface area contributed by atoms with Gasteiger partial charge >= 0.3 is 5.97 Å². The Balaban J connectivity index is 1.64. The number of esters is 1. The fraction of sp³-hybridized carbons (Fsp3) is 0.207. The number of furan rings is 1. The Morgan fingerprint density at radius 1 is 1.16 bits per heavy atom. The van der Waals surface area contributed by atoms with Crippen LogP contribution in [0.2, 0.25) is 5.02 Å². The Morgan fingerprint density at radius 2 is 1.92 bits per heavy atom. The molecule has 0 saturated heterocycles. The van der Waals surface area contributed by atoms with E-state index in [4.69, 9.17) is 25.5 Å². The fourth-order valence-corrected chi connectivity index (χ4v) is 5.66. The van der Waals surface area contributed by atoms with Crippen molar-refractivity contribution in [3.8, 4) is 17.1 Å². The quantitative estimate of drug-likeness (QED) is 0.316. The molecule has 0 bridgehead atoms. The first kappa shape index (κ1) is 25.8. The van der Waals surface area contributed by atoms with E-state index in [9.17, 15) is 9.59 Å². The van der Waals surface area contributed by atoms with Gasteiger partial charge in [0.2, 0.25) is 0 Å². The lowest BCUT2D eigenvalue weighted by molar-refractivity contribution is -0.139. The highest BCUT2D eigenvalue weighted by atomic mass is 35.5. The van der Waals surface area contributed by atoms with Crippen molar-refractivity contribution in [3.63, 3.8) is 0 Å². The molecular weight excluding hydrogens is 524 g/mol. The lowest BCUT2D eigenvalue weighted by Crippen LogP contribution is -2.39. The molecule has 1 aliphatic heterocycles. The molecule has 3 heterocycles. The summed E-state index contributed by atoms with van der Waals surface area (Å²) in [6.45, 7) is 5.69. The number of thiazole rings is 1. The Morgan fingerprint density at radius 3 is 2.63 bits per heavy atom. The first-order chi connectivity index (χ1) is 18.3. The predicted molar refractivity (Wildman–Crippen MR) is 147 cm³/mol. The van der Waals surface area contributed by atoms with Crippen LogP contribution in [0.3, 0.4) is 0 Å². The third-order valence-electron chi connectivity index (χ3n) is 6.31. The summed E-state index contributed by atoms with van der Waals surface area (Å²) in [4.78, 5) is 31.9. The minimum atomic E-state index is -0.695. The number of ether oxygens (including phenoxy) is 2.